The van der Waals surface area contributed by atoms with Crippen LogP contribution in [0.1, 0.15) is 30.4 Å². The highest BCUT2D eigenvalue weighted by Gasteiger charge is 2.33. The van der Waals surface area contributed by atoms with Crippen molar-refractivity contribution in [2.45, 2.75) is 44.6 Å². The van der Waals surface area contributed by atoms with Crippen molar-refractivity contribution in [2.75, 3.05) is 13.7 Å². The molecule has 8 nitrogen and oxygen atoms in total. The van der Waals surface area contributed by atoms with Gasteiger partial charge in [0.2, 0.25) is 0 Å². The van der Waals surface area contributed by atoms with Crippen molar-refractivity contribution in [2.24, 2.45) is 5.92 Å². The molecule has 2 amide bonds. The zero-order valence-corrected chi connectivity index (χ0v) is 18.7. The van der Waals surface area contributed by atoms with Gasteiger partial charge in [-0.2, -0.15) is 5.26 Å². The van der Waals surface area contributed by atoms with Gasteiger partial charge in [0.05, 0.1) is 26.4 Å². The van der Waals surface area contributed by atoms with Crippen LogP contribution >= 0.6 is 0 Å². The van der Waals surface area contributed by atoms with E-state index < -0.39 is 24.1 Å². The van der Waals surface area contributed by atoms with Gasteiger partial charge in [-0.1, -0.05) is 55.3 Å². The van der Waals surface area contributed by atoms with E-state index in [0.717, 1.165) is 29.7 Å². The van der Waals surface area contributed by atoms with Crippen molar-refractivity contribution in [1.82, 2.24) is 10.6 Å². The fraction of sp³-hybridized carbons (Fsp3) is 0.400. The molecule has 33 heavy (non-hydrogen) atoms. The van der Waals surface area contributed by atoms with Gasteiger partial charge < -0.3 is 24.8 Å². The number of methoxy groups -OCH3 is 1. The van der Waals surface area contributed by atoms with Crippen molar-refractivity contribution in [1.29, 1.82) is 5.26 Å². The molecule has 3 rings (SSSR count). The van der Waals surface area contributed by atoms with Gasteiger partial charge in [0.15, 0.2) is 6.10 Å². The lowest BCUT2D eigenvalue weighted by atomic mass is 10.1. The molecule has 0 unspecified atom stereocenters. The monoisotopic (exact) mass is 451 g/mol. The van der Waals surface area contributed by atoms with Gasteiger partial charge in [0.25, 0.3) is 5.91 Å². The Balaban J connectivity index is 1.46. The van der Waals surface area contributed by atoms with E-state index in [4.69, 9.17) is 14.2 Å². The third-order valence-corrected chi connectivity index (χ3v) is 5.25. The SMILES string of the molecule is COc1ccc(COC[C@@H](C#N)NC(=O)[C@H](CC2CC2)OC(=O)NCc2ccccc2)cc1. The number of carbonyl (C=O) groups excluding carboxylic acids is 2. The van der Waals surface area contributed by atoms with E-state index in [9.17, 15) is 14.9 Å². The molecule has 2 atom stereocenters. The molecular formula is C25H29N3O5. The molecule has 2 aromatic carbocycles. The predicted octanol–water partition coefficient (Wildman–Crippen LogP) is 3.32. The quantitative estimate of drug-likeness (QED) is 0.512. The summed E-state index contributed by atoms with van der Waals surface area (Å²) in [4.78, 5) is 25.0. The summed E-state index contributed by atoms with van der Waals surface area (Å²) in [6, 6.07) is 18.0. The van der Waals surface area contributed by atoms with Crippen LogP contribution in [0, 0.1) is 17.2 Å². The average molecular weight is 452 g/mol. The lowest BCUT2D eigenvalue weighted by Gasteiger charge is -2.20. The molecule has 0 aromatic heterocycles. The molecule has 1 fully saturated rings. The van der Waals surface area contributed by atoms with E-state index in [0.29, 0.717) is 25.5 Å². The van der Waals surface area contributed by atoms with Crippen molar-refractivity contribution >= 4 is 12.0 Å². The summed E-state index contributed by atoms with van der Waals surface area (Å²) in [5.41, 5.74) is 1.85. The molecule has 0 saturated heterocycles. The zero-order chi connectivity index (χ0) is 23.5. The van der Waals surface area contributed by atoms with Gasteiger partial charge in [0.1, 0.15) is 11.8 Å². The summed E-state index contributed by atoms with van der Waals surface area (Å²) < 4.78 is 16.1. The molecule has 174 valence electrons. The van der Waals surface area contributed by atoms with Crippen LogP contribution in [0.15, 0.2) is 54.6 Å². The number of nitrogens with one attached hydrogen (secondary N) is 2. The van der Waals surface area contributed by atoms with Crippen molar-refractivity contribution in [3.8, 4) is 11.8 Å². The first kappa shape index (κ1) is 24.1. The molecule has 2 aromatic rings. The highest BCUT2D eigenvalue weighted by molar-refractivity contribution is 5.84. The minimum Gasteiger partial charge on any atom is -0.497 e. The zero-order valence-electron chi connectivity index (χ0n) is 18.7. The summed E-state index contributed by atoms with van der Waals surface area (Å²) in [6.07, 6.45) is 0.835. The number of alkyl carbamates (subject to hydrolysis) is 1. The topological polar surface area (TPSA) is 110 Å². The van der Waals surface area contributed by atoms with E-state index in [1.54, 1.807) is 7.11 Å². The summed E-state index contributed by atoms with van der Waals surface area (Å²) in [6.45, 7) is 0.615. The van der Waals surface area contributed by atoms with Gasteiger partial charge in [-0.15, -0.1) is 0 Å². The van der Waals surface area contributed by atoms with Crippen LogP contribution in [0.2, 0.25) is 0 Å². The van der Waals surface area contributed by atoms with Gasteiger partial charge in [-0.25, -0.2) is 4.79 Å². The number of rotatable bonds is 12. The summed E-state index contributed by atoms with van der Waals surface area (Å²) in [5.74, 6) is 0.612. The molecule has 2 N–H and O–H groups in total. The van der Waals surface area contributed by atoms with Crippen molar-refractivity contribution in [3.05, 3.63) is 65.7 Å². The number of hydrogen-bond donors (Lipinski definition) is 2. The molecule has 8 heteroatoms. The maximum atomic E-state index is 12.8. The second-order valence-electron chi connectivity index (χ2n) is 7.97. The number of nitrogens with zero attached hydrogens (tertiary/aromatic N) is 1. The summed E-state index contributed by atoms with van der Waals surface area (Å²) >= 11 is 0. The van der Waals surface area contributed by atoms with Crippen molar-refractivity contribution in [3.63, 3.8) is 0 Å². The minimum atomic E-state index is -0.953. The highest BCUT2D eigenvalue weighted by Crippen LogP contribution is 2.34. The highest BCUT2D eigenvalue weighted by atomic mass is 16.6. The van der Waals surface area contributed by atoms with Crippen LogP contribution in [-0.4, -0.2) is 37.9 Å². The number of nitriles is 1. The van der Waals surface area contributed by atoms with E-state index in [1.807, 2.05) is 60.7 Å². The lowest BCUT2D eigenvalue weighted by molar-refractivity contribution is -0.130. The van der Waals surface area contributed by atoms with E-state index in [-0.39, 0.29) is 6.61 Å². The fourth-order valence-electron chi connectivity index (χ4n) is 3.20. The molecule has 0 spiro atoms. The Kier molecular flexibility index (Phi) is 9.09. The van der Waals surface area contributed by atoms with Crippen molar-refractivity contribution < 1.29 is 23.8 Å². The Bertz CT molecular complexity index is 939. The smallest absolute Gasteiger partial charge is 0.408 e. The largest absolute Gasteiger partial charge is 0.497 e. The summed E-state index contributed by atoms with van der Waals surface area (Å²) in [5, 5.41) is 14.7. The molecule has 0 heterocycles. The third kappa shape index (κ3) is 8.47. The molecular weight excluding hydrogens is 422 g/mol. The van der Waals surface area contributed by atoms with Crippen LogP contribution in [0.5, 0.6) is 5.75 Å². The van der Waals surface area contributed by atoms with Gasteiger partial charge in [0, 0.05) is 6.54 Å². The average Bonchev–Trinajstić information content (AvgIpc) is 3.67. The normalized spacial score (nSPS) is 14.4. The van der Waals surface area contributed by atoms with Crippen LogP contribution < -0.4 is 15.4 Å². The second kappa shape index (κ2) is 12.5. The molecule has 0 aliphatic heterocycles. The van der Waals surface area contributed by atoms with Gasteiger partial charge in [-0.05, 0) is 35.6 Å². The molecule has 0 radical (unpaired) electrons. The van der Waals surface area contributed by atoms with E-state index in [2.05, 4.69) is 10.6 Å². The van der Waals surface area contributed by atoms with Crippen LogP contribution in [-0.2, 0) is 27.4 Å². The molecule has 1 aliphatic carbocycles. The molecule has 0 bridgehead atoms. The number of hydrogen-bond acceptors (Lipinski definition) is 6. The number of ether oxygens (including phenoxy) is 3. The Morgan fingerprint density at radius 1 is 1.09 bits per heavy atom. The first-order valence-corrected chi connectivity index (χ1v) is 11.0. The Morgan fingerprint density at radius 3 is 2.45 bits per heavy atom. The standard InChI is InChI=1S/C25H29N3O5/c1-31-22-11-9-20(10-12-22)16-32-17-21(14-26)28-24(29)23(13-18-7-8-18)33-25(30)27-15-19-5-3-2-4-6-19/h2-6,9-12,18,21,23H,7-8,13,15-17H2,1H3,(H,27,30)(H,28,29)/t21-,23+/m1/s1. The maximum Gasteiger partial charge on any atom is 0.408 e. The predicted molar refractivity (Wildman–Crippen MR) is 121 cm³/mol. The maximum absolute atomic E-state index is 12.8. The lowest BCUT2D eigenvalue weighted by Crippen LogP contribution is -2.45. The van der Waals surface area contributed by atoms with Crippen LogP contribution in [0.3, 0.4) is 0 Å². The third-order valence-electron chi connectivity index (χ3n) is 5.25. The first-order chi connectivity index (χ1) is 16.1. The van der Waals surface area contributed by atoms with E-state index in [1.165, 1.54) is 0 Å². The Morgan fingerprint density at radius 2 is 1.82 bits per heavy atom. The minimum absolute atomic E-state index is 0.0185. The molecule has 1 aliphatic rings. The van der Waals surface area contributed by atoms with Gasteiger partial charge >= 0.3 is 6.09 Å². The van der Waals surface area contributed by atoms with E-state index >= 15 is 0 Å². The van der Waals surface area contributed by atoms with Crippen LogP contribution in [0.4, 0.5) is 4.79 Å². The summed E-state index contributed by atoms with van der Waals surface area (Å²) in [7, 11) is 1.60. The van der Waals surface area contributed by atoms with Crippen LogP contribution in [0.25, 0.3) is 0 Å². The number of carbonyl (C=O) groups is 2. The molecule has 1 saturated carbocycles. The first-order valence-electron chi connectivity index (χ1n) is 11.0. The fourth-order valence-corrected chi connectivity index (χ4v) is 3.20. The Labute approximate surface area is 193 Å². The number of amides is 2. The Hall–Kier alpha value is -3.57. The van der Waals surface area contributed by atoms with Gasteiger partial charge in [-0.3, -0.25) is 4.79 Å². The second-order valence-corrected chi connectivity index (χ2v) is 7.97. The number of benzene rings is 2.